The number of aryl methyl sites for hydroxylation is 2. The van der Waals surface area contributed by atoms with Crippen LogP contribution in [0, 0.1) is 13.8 Å². The zero-order valence-electron chi connectivity index (χ0n) is 16.1. The fourth-order valence-corrected chi connectivity index (χ4v) is 4.03. The minimum Gasteiger partial charge on any atom is -0.451 e. The summed E-state index contributed by atoms with van der Waals surface area (Å²) in [5.41, 5.74) is 1.21. The number of carbonyl (C=O) groups excluding carboxylic acids is 2. The zero-order valence-corrected chi connectivity index (χ0v) is 16.9. The number of nitrogens with one attached hydrogen (secondary N) is 1. The predicted molar refractivity (Wildman–Crippen MR) is 108 cm³/mol. The number of fused-ring (bicyclic) bond motifs is 1. The van der Waals surface area contributed by atoms with Crippen molar-refractivity contribution in [1.29, 1.82) is 0 Å². The molecule has 0 saturated heterocycles. The van der Waals surface area contributed by atoms with Gasteiger partial charge in [0, 0.05) is 7.05 Å². The Bertz CT molecular complexity index is 1090. The van der Waals surface area contributed by atoms with E-state index in [9.17, 15) is 14.4 Å². The van der Waals surface area contributed by atoms with E-state index in [2.05, 4.69) is 9.97 Å². The first-order valence-corrected chi connectivity index (χ1v) is 9.59. The molecule has 0 aliphatic heterocycles. The van der Waals surface area contributed by atoms with Crippen molar-refractivity contribution in [2.45, 2.75) is 26.8 Å². The lowest BCUT2D eigenvalue weighted by molar-refractivity contribution is -0.135. The molecule has 1 amide bonds. The van der Waals surface area contributed by atoms with Crippen molar-refractivity contribution in [3.63, 3.8) is 0 Å². The minimum absolute atomic E-state index is 0.149. The van der Waals surface area contributed by atoms with Gasteiger partial charge in [0.1, 0.15) is 15.5 Å². The number of aromatic nitrogens is 2. The van der Waals surface area contributed by atoms with Crippen molar-refractivity contribution in [3.8, 4) is 0 Å². The summed E-state index contributed by atoms with van der Waals surface area (Å²) in [5.74, 6) is -0.465. The number of thiophene rings is 1. The van der Waals surface area contributed by atoms with Crippen molar-refractivity contribution in [1.82, 2.24) is 14.9 Å². The number of H-pyrrole nitrogens is 1. The van der Waals surface area contributed by atoms with Crippen LogP contribution in [-0.4, -0.2) is 40.4 Å². The largest absolute Gasteiger partial charge is 0.451 e. The second kappa shape index (κ2) is 7.93. The number of ether oxygens (including phenoxy) is 1. The number of benzene rings is 1. The van der Waals surface area contributed by atoms with Crippen LogP contribution < -0.4 is 5.56 Å². The molecular formula is C20H21N3O4S. The summed E-state index contributed by atoms with van der Waals surface area (Å²) in [4.78, 5) is 46.2. The molecule has 0 unspecified atom stereocenters. The lowest BCUT2D eigenvalue weighted by Gasteiger charge is -2.25. The van der Waals surface area contributed by atoms with E-state index in [-0.39, 0.29) is 29.0 Å². The minimum atomic E-state index is -0.633. The van der Waals surface area contributed by atoms with Gasteiger partial charge in [-0.15, -0.1) is 11.3 Å². The molecule has 7 nitrogen and oxygen atoms in total. The van der Waals surface area contributed by atoms with E-state index in [4.69, 9.17) is 4.74 Å². The quantitative estimate of drug-likeness (QED) is 0.666. The highest BCUT2D eigenvalue weighted by atomic mass is 32.1. The standard InChI is InChI=1S/C20H21N3O4S/c1-11-16-18(25)21-13(3)22-19(16)28-17(11)20(26)27-10-15(24)23(4)12(2)14-8-6-5-7-9-14/h5-9,12H,10H2,1-4H3,(H,21,22,25)/t12-/m1/s1. The Kier molecular flexibility index (Phi) is 5.60. The second-order valence-corrected chi connectivity index (χ2v) is 7.55. The molecule has 146 valence electrons. The van der Waals surface area contributed by atoms with Gasteiger partial charge in [0.05, 0.1) is 11.4 Å². The van der Waals surface area contributed by atoms with Crippen LogP contribution in [0.2, 0.25) is 0 Å². The molecule has 3 rings (SSSR count). The first kappa shape index (κ1) is 19.8. The number of carbonyl (C=O) groups is 2. The van der Waals surface area contributed by atoms with Gasteiger partial charge in [0.25, 0.3) is 11.5 Å². The molecule has 0 saturated carbocycles. The molecule has 3 aromatic rings. The maximum atomic E-state index is 12.5. The van der Waals surface area contributed by atoms with Gasteiger partial charge in [0.2, 0.25) is 0 Å². The molecule has 2 heterocycles. The van der Waals surface area contributed by atoms with Crippen molar-refractivity contribution in [3.05, 3.63) is 62.5 Å². The smallest absolute Gasteiger partial charge is 0.349 e. The van der Waals surface area contributed by atoms with E-state index in [0.717, 1.165) is 16.9 Å². The third kappa shape index (κ3) is 3.82. The molecule has 28 heavy (non-hydrogen) atoms. The Morgan fingerprint density at radius 1 is 1.25 bits per heavy atom. The SMILES string of the molecule is Cc1nc2sc(C(=O)OCC(=O)N(C)[C@H](C)c3ccccc3)c(C)c2c(=O)[nH]1. The van der Waals surface area contributed by atoms with Crippen LogP contribution in [0.4, 0.5) is 0 Å². The van der Waals surface area contributed by atoms with Gasteiger partial charge in [0.15, 0.2) is 6.61 Å². The number of nitrogens with zero attached hydrogens (tertiary/aromatic N) is 2. The molecule has 1 N–H and O–H groups in total. The molecule has 0 bridgehead atoms. The lowest BCUT2D eigenvalue weighted by atomic mass is 10.1. The number of amides is 1. The Morgan fingerprint density at radius 3 is 2.61 bits per heavy atom. The number of aromatic amines is 1. The fraction of sp³-hybridized carbons (Fsp3) is 0.300. The Morgan fingerprint density at radius 2 is 1.93 bits per heavy atom. The molecule has 0 aliphatic rings. The highest BCUT2D eigenvalue weighted by molar-refractivity contribution is 7.20. The monoisotopic (exact) mass is 399 g/mol. The number of esters is 1. The number of rotatable bonds is 5. The molecule has 0 aliphatic carbocycles. The van der Waals surface area contributed by atoms with Crippen LogP contribution in [0.3, 0.4) is 0 Å². The number of likely N-dealkylation sites (N-methyl/N-ethyl adjacent to an activating group) is 1. The van der Waals surface area contributed by atoms with E-state index < -0.39 is 5.97 Å². The Balaban J connectivity index is 1.71. The lowest BCUT2D eigenvalue weighted by Crippen LogP contribution is -2.33. The van der Waals surface area contributed by atoms with Crippen LogP contribution in [0.15, 0.2) is 35.1 Å². The van der Waals surface area contributed by atoms with E-state index in [1.807, 2.05) is 37.3 Å². The molecule has 0 radical (unpaired) electrons. The third-order valence-electron chi connectivity index (χ3n) is 4.69. The van der Waals surface area contributed by atoms with Crippen LogP contribution in [0.5, 0.6) is 0 Å². The first-order valence-electron chi connectivity index (χ1n) is 8.77. The zero-order chi connectivity index (χ0) is 20.4. The average molecular weight is 399 g/mol. The van der Waals surface area contributed by atoms with E-state index in [1.165, 1.54) is 4.90 Å². The van der Waals surface area contributed by atoms with Crippen LogP contribution >= 0.6 is 11.3 Å². The van der Waals surface area contributed by atoms with Crippen LogP contribution in [0.1, 0.15) is 39.6 Å². The van der Waals surface area contributed by atoms with E-state index in [0.29, 0.717) is 21.6 Å². The molecule has 1 atom stereocenters. The van der Waals surface area contributed by atoms with Gasteiger partial charge in [-0.3, -0.25) is 9.59 Å². The maximum Gasteiger partial charge on any atom is 0.349 e. The normalized spacial score (nSPS) is 12.0. The summed E-state index contributed by atoms with van der Waals surface area (Å²) < 4.78 is 5.22. The summed E-state index contributed by atoms with van der Waals surface area (Å²) in [6.07, 6.45) is 0. The van der Waals surface area contributed by atoms with Crippen molar-refractivity contribution in [2.75, 3.05) is 13.7 Å². The highest BCUT2D eigenvalue weighted by Crippen LogP contribution is 2.27. The number of hydrogen-bond donors (Lipinski definition) is 1. The predicted octanol–water partition coefficient (Wildman–Crippen LogP) is 2.98. The first-order chi connectivity index (χ1) is 13.3. The molecule has 1 aromatic carbocycles. The van der Waals surface area contributed by atoms with Gasteiger partial charge >= 0.3 is 5.97 Å². The maximum absolute atomic E-state index is 12.5. The highest BCUT2D eigenvalue weighted by Gasteiger charge is 2.23. The van der Waals surface area contributed by atoms with Crippen LogP contribution in [0.25, 0.3) is 10.2 Å². The molecule has 2 aromatic heterocycles. The van der Waals surface area contributed by atoms with Crippen LogP contribution in [-0.2, 0) is 9.53 Å². The summed E-state index contributed by atoms with van der Waals surface area (Å²) in [6.45, 7) is 4.89. The summed E-state index contributed by atoms with van der Waals surface area (Å²) in [6, 6.07) is 9.46. The van der Waals surface area contributed by atoms with Crippen molar-refractivity contribution in [2.24, 2.45) is 0 Å². The van der Waals surface area contributed by atoms with Crippen molar-refractivity contribution < 1.29 is 14.3 Å². The Hall–Kier alpha value is -3.00. The van der Waals surface area contributed by atoms with Gasteiger partial charge in [-0.2, -0.15) is 0 Å². The van der Waals surface area contributed by atoms with Gasteiger partial charge in [-0.25, -0.2) is 9.78 Å². The average Bonchev–Trinajstić information content (AvgIpc) is 3.01. The third-order valence-corrected chi connectivity index (χ3v) is 5.85. The second-order valence-electron chi connectivity index (χ2n) is 6.56. The molecule has 0 fully saturated rings. The summed E-state index contributed by atoms with van der Waals surface area (Å²) >= 11 is 1.09. The van der Waals surface area contributed by atoms with E-state index >= 15 is 0 Å². The van der Waals surface area contributed by atoms with Crippen molar-refractivity contribution >= 4 is 33.4 Å². The topological polar surface area (TPSA) is 92.4 Å². The van der Waals surface area contributed by atoms with E-state index in [1.54, 1.807) is 20.9 Å². The van der Waals surface area contributed by atoms with Gasteiger partial charge < -0.3 is 14.6 Å². The molecule has 0 spiro atoms. The summed E-state index contributed by atoms with van der Waals surface area (Å²) in [7, 11) is 1.67. The fourth-order valence-electron chi connectivity index (χ4n) is 2.91. The summed E-state index contributed by atoms with van der Waals surface area (Å²) in [5, 5.41) is 0.378. The van der Waals surface area contributed by atoms with Gasteiger partial charge in [-0.1, -0.05) is 30.3 Å². The number of hydrogen-bond acceptors (Lipinski definition) is 6. The molecular weight excluding hydrogens is 378 g/mol. The van der Waals surface area contributed by atoms with Gasteiger partial charge in [-0.05, 0) is 31.9 Å². The molecule has 8 heteroatoms. The Labute approximate surface area is 166 Å².